The van der Waals surface area contributed by atoms with Crippen LogP contribution in [0, 0.1) is 5.41 Å². The molecule has 1 N–H and O–H groups in total. The molecule has 0 spiro atoms. The maximum Gasteiger partial charge on any atom is 0.229 e. The van der Waals surface area contributed by atoms with Crippen molar-refractivity contribution in [1.82, 2.24) is 0 Å². The first kappa shape index (κ1) is 14.8. The molecule has 0 radical (unpaired) electrons. The zero-order valence-corrected chi connectivity index (χ0v) is 11.6. The van der Waals surface area contributed by atoms with Gasteiger partial charge < -0.3 is 5.32 Å². The Morgan fingerprint density at radius 3 is 2.47 bits per heavy atom. The first-order valence-corrected chi connectivity index (χ1v) is 5.96. The van der Waals surface area contributed by atoms with Gasteiger partial charge in [-0.3, -0.25) is 4.79 Å². The molecule has 1 amide bonds. The molecule has 0 saturated heterocycles. The molecule has 19 heavy (non-hydrogen) atoms. The first-order chi connectivity index (χ1) is 8.90. The normalized spacial score (nSPS) is 11.8. The second kappa shape index (κ2) is 6.09. The molecule has 0 aliphatic rings. The van der Waals surface area contributed by atoms with Gasteiger partial charge in [-0.2, -0.15) is 0 Å². The topological polar surface area (TPSA) is 53.8 Å². The third kappa shape index (κ3) is 3.88. The molecule has 4 nitrogen and oxygen atoms in total. The Bertz CT molecular complexity index is 524. The fourth-order valence-corrected chi connectivity index (χ4v) is 1.38. The van der Waals surface area contributed by atoms with Crippen LogP contribution < -0.4 is 5.32 Å². The summed E-state index contributed by atoms with van der Waals surface area (Å²) >= 11 is 0. The third-order valence-corrected chi connectivity index (χ3v) is 2.46. The number of nitrogens with zero attached hydrogens (tertiary/aromatic N) is 2. The largest absolute Gasteiger partial charge is 0.325 e. The summed E-state index contributed by atoms with van der Waals surface area (Å²) in [5.41, 5.74) is 0.912. The second-order valence-electron chi connectivity index (χ2n) is 5.04. The van der Waals surface area contributed by atoms with Crippen molar-refractivity contribution in [1.29, 1.82) is 0 Å². The molecular weight excluding hydrogens is 238 g/mol. The minimum atomic E-state index is -0.468. The van der Waals surface area contributed by atoms with Crippen molar-refractivity contribution in [3.8, 4) is 0 Å². The summed E-state index contributed by atoms with van der Waals surface area (Å²) in [5.74, 6) is 0.363. The highest BCUT2D eigenvalue weighted by Crippen LogP contribution is 2.21. The van der Waals surface area contributed by atoms with Crippen molar-refractivity contribution < 1.29 is 4.79 Å². The third-order valence-electron chi connectivity index (χ3n) is 2.46. The quantitative estimate of drug-likeness (QED) is 0.655. The lowest BCUT2D eigenvalue weighted by atomic mass is 9.95. The number of hydrogen-bond acceptors (Lipinski definition) is 2. The average molecular weight is 257 g/mol. The molecule has 0 aliphatic heterocycles. The fraction of sp³-hybridized carbons (Fsp3) is 0.267. The average Bonchev–Trinajstić information content (AvgIpc) is 2.35. The number of rotatable bonds is 3. The van der Waals surface area contributed by atoms with E-state index in [1.165, 1.54) is 6.20 Å². The number of nitrogens with one attached hydrogen (secondary N) is 1. The Morgan fingerprint density at radius 2 is 1.95 bits per heavy atom. The van der Waals surface area contributed by atoms with Crippen LogP contribution in [-0.4, -0.2) is 18.5 Å². The number of carbonyl (C=O) groups is 1. The number of aliphatic imine (C=N–C) groups is 2. The lowest BCUT2D eigenvalue weighted by Crippen LogP contribution is -2.28. The van der Waals surface area contributed by atoms with Gasteiger partial charge in [0.15, 0.2) is 5.84 Å². The van der Waals surface area contributed by atoms with E-state index in [4.69, 9.17) is 0 Å². The van der Waals surface area contributed by atoms with Crippen LogP contribution in [0.25, 0.3) is 0 Å². The zero-order valence-electron chi connectivity index (χ0n) is 11.6. The molecule has 1 rings (SSSR count). The second-order valence-corrected chi connectivity index (χ2v) is 5.04. The highest BCUT2D eigenvalue weighted by atomic mass is 16.2. The summed E-state index contributed by atoms with van der Waals surface area (Å²) < 4.78 is 0. The van der Waals surface area contributed by atoms with Crippen LogP contribution in [0.5, 0.6) is 0 Å². The minimum absolute atomic E-state index is 0.0676. The molecule has 1 aromatic carbocycles. The first-order valence-electron chi connectivity index (χ1n) is 5.96. The highest BCUT2D eigenvalue weighted by molar-refractivity contribution is 6.08. The van der Waals surface area contributed by atoms with Gasteiger partial charge in [0.2, 0.25) is 5.91 Å². The number of hydrogen-bond donors (Lipinski definition) is 1. The summed E-state index contributed by atoms with van der Waals surface area (Å²) in [6.45, 7) is 12.6. The van der Waals surface area contributed by atoms with E-state index in [9.17, 15) is 4.79 Å². The lowest BCUT2D eigenvalue weighted by Gasteiger charge is -2.19. The Labute approximate surface area is 114 Å². The van der Waals surface area contributed by atoms with E-state index in [1.807, 2.05) is 45.0 Å². The van der Waals surface area contributed by atoms with Gasteiger partial charge in [-0.1, -0.05) is 39.5 Å². The van der Waals surface area contributed by atoms with Gasteiger partial charge in [-0.05, 0) is 18.9 Å². The van der Waals surface area contributed by atoms with E-state index in [2.05, 4.69) is 28.6 Å². The summed E-state index contributed by atoms with van der Waals surface area (Å²) in [6, 6.07) is 7.33. The smallest absolute Gasteiger partial charge is 0.229 e. The Morgan fingerprint density at radius 1 is 1.32 bits per heavy atom. The van der Waals surface area contributed by atoms with Gasteiger partial charge >= 0.3 is 0 Å². The minimum Gasteiger partial charge on any atom is -0.325 e. The van der Waals surface area contributed by atoms with E-state index in [1.54, 1.807) is 0 Å². The van der Waals surface area contributed by atoms with Crippen molar-refractivity contribution in [2.24, 2.45) is 15.4 Å². The van der Waals surface area contributed by atoms with Crippen molar-refractivity contribution in [3.05, 3.63) is 42.6 Å². The molecule has 0 aliphatic carbocycles. The van der Waals surface area contributed by atoms with Crippen LogP contribution in [-0.2, 0) is 4.79 Å². The summed E-state index contributed by atoms with van der Waals surface area (Å²) in [4.78, 5) is 19.9. The summed E-state index contributed by atoms with van der Waals surface area (Å²) in [7, 11) is 0. The van der Waals surface area contributed by atoms with Crippen molar-refractivity contribution >= 4 is 24.1 Å². The van der Waals surface area contributed by atoms with Gasteiger partial charge in [-0.25, -0.2) is 9.98 Å². The number of carbonyl (C=O) groups excluding carboxylic acids is 1. The SMILES string of the molecule is C=CN=C(N=C)c1ccccc1NC(=O)C(C)(C)C. The number of amidine groups is 1. The number of para-hydroxylation sites is 1. The molecule has 4 heteroatoms. The Kier molecular flexibility index (Phi) is 4.75. The van der Waals surface area contributed by atoms with E-state index >= 15 is 0 Å². The van der Waals surface area contributed by atoms with E-state index < -0.39 is 5.41 Å². The molecule has 0 bridgehead atoms. The van der Waals surface area contributed by atoms with Crippen LogP contribution in [0.15, 0.2) is 47.0 Å². The van der Waals surface area contributed by atoms with E-state index in [0.717, 1.165) is 5.56 Å². The van der Waals surface area contributed by atoms with Crippen LogP contribution in [0.4, 0.5) is 5.69 Å². The molecule has 1 aromatic rings. The summed E-state index contributed by atoms with van der Waals surface area (Å²) in [6.07, 6.45) is 1.40. The molecule has 0 saturated carbocycles. The highest BCUT2D eigenvalue weighted by Gasteiger charge is 2.22. The Hall–Kier alpha value is -2.23. The molecule has 100 valence electrons. The monoisotopic (exact) mass is 257 g/mol. The number of benzene rings is 1. The van der Waals surface area contributed by atoms with Gasteiger partial charge in [0.05, 0.1) is 5.69 Å². The molecular formula is C15H19N3O. The molecule has 0 fully saturated rings. The van der Waals surface area contributed by atoms with Crippen LogP contribution in [0.3, 0.4) is 0 Å². The van der Waals surface area contributed by atoms with Gasteiger partial charge in [0.25, 0.3) is 0 Å². The Balaban J connectivity index is 3.16. The molecule has 0 atom stereocenters. The molecule has 0 heterocycles. The number of amides is 1. The van der Waals surface area contributed by atoms with E-state index in [0.29, 0.717) is 11.5 Å². The summed E-state index contributed by atoms with van der Waals surface area (Å²) in [5, 5.41) is 2.88. The maximum atomic E-state index is 12.0. The van der Waals surface area contributed by atoms with Crippen LogP contribution in [0.1, 0.15) is 26.3 Å². The van der Waals surface area contributed by atoms with E-state index in [-0.39, 0.29) is 5.91 Å². The predicted molar refractivity (Wildman–Crippen MR) is 80.8 cm³/mol. The molecule has 0 unspecified atom stereocenters. The van der Waals surface area contributed by atoms with Crippen molar-refractivity contribution in [2.75, 3.05) is 5.32 Å². The molecule has 0 aromatic heterocycles. The predicted octanol–water partition coefficient (Wildman–Crippen LogP) is 3.26. The van der Waals surface area contributed by atoms with Gasteiger partial charge in [-0.15, -0.1) is 0 Å². The van der Waals surface area contributed by atoms with Crippen molar-refractivity contribution in [2.45, 2.75) is 20.8 Å². The van der Waals surface area contributed by atoms with Crippen LogP contribution in [0.2, 0.25) is 0 Å². The maximum absolute atomic E-state index is 12.0. The van der Waals surface area contributed by atoms with Crippen LogP contribution >= 0.6 is 0 Å². The van der Waals surface area contributed by atoms with Gasteiger partial charge in [0.1, 0.15) is 0 Å². The lowest BCUT2D eigenvalue weighted by molar-refractivity contribution is -0.123. The number of anilines is 1. The van der Waals surface area contributed by atoms with Crippen molar-refractivity contribution in [3.63, 3.8) is 0 Å². The fourth-order valence-electron chi connectivity index (χ4n) is 1.38. The van der Waals surface area contributed by atoms with Gasteiger partial charge in [0, 0.05) is 17.2 Å². The zero-order chi connectivity index (χ0) is 14.5. The standard InChI is InChI=1S/C15H19N3O/c1-6-17-13(16-5)11-9-7-8-10-12(11)18-14(19)15(2,3)4/h6-10H,1,5H2,2-4H3,(H,18,19).